The van der Waals surface area contributed by atoms with Crippen LogP contribution in [0.5, 0.6) is 0 Å². The van der Waals surface area contributed by atoms with Crippen molar-refractivity contribution in [2.75, 3.05) is 6.61 Å². The lowest BCUT2D eigenvalue weighted by atomic mass is 9.98. The van der Waals surface area contributed by atoms with Crippen LogP contribution in [0.1, 0.15) is 27.2 Å². The minimum absolute atomic E-state index is 0.0417. The van der Waals surface area contributed by atoms with Gasteiger partial charge in [0.2, 0.25) is 0 Å². The molecule has 1 rings (SSSR count). The Bertz CT molecular complexity index is 367. The zero-order chi connectivity index (χ0) is 12.3. The molecule has 0 N–H and O–H groups in total. The molecule has 0 amide bonds. The van der Waals surface area contributed by atoms with E-state index in [0.717, 1.165) is 0 Å². The van der Waals surface area contributed by atoms with Crippen molar-refractivity contribution in [1.82, 2.24) is 0 Å². The second-order valence-electron chi connectivity index (χ2n) is 3.72. The maximum absolute atomic E-state index is 11.4. The van der Waals surface area contributed by atoms with Crippen molar-refractivity contribution >= 4 is 17.7 Å². The number of esters is 2. The normalized spacial score (nSPS) is 20.4. The van der Waals surface area contributed by atoms with Crippen LogP contribution < -0.4 is 0 Å². The molecule has 16 heavy (non-hydrogen) atoms. The Kier molecular flexibility index (Phi) is 3.82. The second-order valence-corrected chi connectivity index (χ2v) is 3.72. The predicted octanol–water partition coefficient (Wildman–Crippen LogP) is 0.771. The number of Topliss-reactive ketones (excluding diaryl/α,β-unsaturated/α-hetero) is 1. The molecular weight excluding hydrogens is 212 g/mol. The SMILES string of the molecule is CC(=O)OCC1=C(C)C(=O)OC(C(C)=O)C1. The summed E-state index contributed by atoms with van der Waals surface area (Å²) < 4.78 is 9.72. The van der Waals surface area contributed by atoms with Gasteiger partial charge in [-0.25, -0.2) is 4.79 Å². The molecule has 0 spiro atoms. The Labute approximate surface area is 93.4 Å². The van der Waals surface area contributed by atoms with Gasteiger partial charge in [-0.1, -0.05) is 0 Å². The van der Waals surface area contributed by atoms with Crippen molar-refractivity contribution in [3.05, 3.63) is 11.1 Å². The maximum atomic E-state index is 11.4. The second kappa shape index (κ2) is 4.92. The Morgan fingerprint density at radius 3 is 2.56 bits per heavy atom. The Hall–Kier alpha value is -1.65. The van der Waals surface area contributed by atoms with Crippen LogP contribution in [-0.2, 0) is 23.9 Å². The van der Waals surface area contributed by atoms with Crippen LogP contribution in [0.4, 0.5) is 0 Å². The first kappa shape index (κ1) is 12.4. The van der Waals surface area contributed by atoms with E-state index in [1.807, 2.05) is 0 Å². The summed E-state index contributed by atoms with van der Waals surface area (Å²) in [6, 6.07) is 0. The molecule has 1 unspecified atom stereocenters. The Balaban J connectivity index is 2.78. The fourth-order valence-corrected chi connectivity index (χ4v) is 1.36. The minimum atomic E-state index is -0.748. The largest absolute Gasteiger partial charge is 0.461 e. The van der Waals surface area contributed by atoms with Crippen LogP contribution >= 0.6 is 0 Å². The zero-order valence-corrected chi connectivity index (χ0v) is 9.53. The lowest BCUT2D eigenvalue weighted by molar-refractivity contribution is -0.152. The van der Waals surface area contributed by atoms with Crippen LogP contribution in [0.25, 0.3) is 0 Å². The molecule has 0 aromatic carbocycles. The quantitative estimate of drug-likeness (QED) is 0.665. The highest BCUT2D eigenvalue weighted by atomic mass is 16.6. The smallest absolute Gasteiger partial charge is 0.334 e. The van der Waals surface area contributed by atoms with Gasteiger partial charge in [0, 0.05) is 18.9 Å². The number of cyclic esters (lactones) is 1. The van der Waals surface area contributed by atoms with E-state index in [-0.39, 0.29) is 12.4 Å². The van der Waals surface area contributed by atoms with Crippen molar-refractivity contribution in [3.63, 3.8) is 0 Å². The maximum Gasteiger partial charge on any atom is 0.334 e. The number of ether oxygens (including phenoxy) is 2. The van der Waals surface area contributed by atoms with Crippen molar-refractivity contribution < 1.29 is 23.9 Å². The zero-order valence-electron chi connectivity index (χ0n) is 9.53. The molecule has 0 aromatic heterocycles. The van der Waals surface area contributed by atoms with Crippen LogP contribution in [0.2, 0.25) is 0 Å². The molecule has 5 nitrogen and oxygen atoms in total. The van der Waals surface area contributed by atoms with Gasteiger partial charge in [-0.05, 0) is 19.4 Å². The van der Waals surface area contributed by atoms with E-state index >= 15 is 0 Å². The first-order valence-corrected chi connectivity index (χ1v) is 4.95. The first-order chi connectivity index (χ1) is 7.41. The summed E-state index contributed by atoms with van der Waals surface area (Å²) in [7, 11) is 0. The molecule has 0 aliphatic carbocycles. The number of carbonyl (C=O) groups excluding carboxylic acids is 3. The molecule has 0 saturated carbocycles. The molecular formula is C11H14O5. The molecule has 1 aliphatic heterocycles. The third-order valence-corrected chi connectivity index (χ3v) is 2.42. The third kappa shape index (κ3) is 2.92. The molecule has 1 aliphatic rings. The van der Waals surface area contributed by atoms with Gasteiger partial charge in [-0.3, -0.25) is 9.59 Å². The highest BCUT2D eigenvalue weighted by Gasteiger charge is 2.29. The summed E-state index contributed by atoms with van der Waals surface area (Å²) in [4.78, 5) is 33.2. The molecule has 88 valence electrons. The van der Waals surface area contributed by atoms with Gasteiger partial charge in [0.05, 0.1) is 0 Å². The van der Waals surface area contributed by atoms with E-state index in [2.05, 4.69) is 0 Å². The van der Waals surface area contributed by atoms with Gasteiger partial charge in [0.1, 0.15) is 6.61 Å². The van der Waals surface area contributed by atoms with E-state index in [1.54, 1.807) is 6.92 Å². The number of carbonyl (C=O) groups is 3. The summed E-state index contributed by atoms with van der Waals surface area (Å²) in [6.45, 7) is 4.29. The minimum Gasteiger partial charge on any atom is -0.461 e. The van der Waals surface area contributed by atoms with Gasteiger partial charge in [0.25, 0.3) is 0 Å². The van der Waals surface area contributed by atoms with Gasteiger partial charge in [-0.15, -0.1) is 0 Å². The average molecular weight is 226 g/mol. The van der Waals surface area contributed by atoms with Gasteiger partial charge >= 0.3 is 11.9 Å². The highest BCUT2D eigenvalue weighted by Crippen LogP contribution is 2.22. The topological polar surface area (TPSA) is 69.7 Å². The molecule has 0 saturated heterocycles. The van der Waals surface area contributed by atoms with Gasteiger partial charge in [-0.2, -0.15) is 0 Å². The van der Waals surface area contributed by atoms with Crippen LogP contribution in [-0.4, -0.2) is 30.4 Å². The number of hydrogen-bond acceptors (Lipinski definition) is 5. The Morgan fingerprint density at radius 1 is 1.44 bits per heavy atom. The van der Waals surface area contributed by atoms with Crippen molar-refractivity contribution in [1.29, 1.82) is 0 Å². The number of ketones is 1. The summed E-state index contributed by atoms with van der Waals surface area (Å²) in [6.07, 6.45) is -0.443. The molecule has 5 heteroatoms. The predicted molar refractivity (Wildman–Crippen MR) is 54.5 cm³/mol. The fraction of sp³-hybridized carbons (Fsp3) is 0.545. The number of rotatable bonds is 3. The van der Waals surface area contributed by atoms with Crippen LogP contribution in [0.3, 0.4) is 0 Å². The van der Waals surface area contributed by atoms with Crippen molar-refractivity contribution in [2.24, 2.45) is 0 Å². The summed E-state index contributed by atoms with van der Waals surface area (Å²) >= 11 is 0. The lowest BCUT2D eigenvalue weighted by Gasteiger charge is -2.23. The number of hydrogen-bond donors (Lipinski definition) is 0. The Morgan fingerprint density at radius 2 is 2.06 bits per heavy atom. The molecule has 1 atom stereocenters. The fourth-order valence-electron chi connectivity index (χ4n) is 1.36. The van der Waals surface area contributed by atoms with Crippen molar-refractivity contribution in [2.45, 2.75) is 33.3 Å². The monoisotopic (exact) mass is 226 g/mol. The molecule has 1 heterocycles. The average Bonchev–Trinajstić information content (AvgIpc) is 2.19. The van der Waals surface area contributed by atoms with E-state index in [0.29, 0.717) is 17.6 Å². The molecule has 0 fully saturated rings. The molecule has 0 aromatic rings. The first-order valence-electron chi connectivity index (χ1n) is 4.95. The lowest BCUT2D eigenvalue weighted by Crippen LogP contribution is -2.32. The van der Waals surface area contributed by atoms with E-state index in [9.17, 15) is 14.4 Å². The van der Waals surface area contributed by atoms with E-state index < -0.39 is 18.0 Å². The summed E-state index contributed by atoms with van der Waals surface area (Å²) in [5, 5.41) is 0. The summed E-state index contributed by atoms with van der Waals surface area (Å²) in [5.41, 5.74) is 1.06. The van der Waals surface area contributed by atoms with Crippen LogP contribution in [0, 0.1) is 0 Å². The molecule has 0 bridgehead atoms. The highest BCUT2D eigenvalue weighted by molar-refractivity contribution is 5.93. The molecule has 0 radical (unpaired) electrons. The van der Waals surface area contributed by atoms with Gasteiger partial charge in [0.15, 0.2) is 11.9 Å². The van der Waals surface area contributed by atoms with Crippen molar-refractivity contribution in [3.8, 4) is 0 Å². The van der Waals surface area contributed by atoms with Gasteiger partial charge < -0.3 is 9.47 Å². The third-order valence-electron chi connectivity index (χ3n) is 2.42. The van der Waals surface area contributed by atoms with Crippen LogP contribution in [0.15, 0.2) is 11.1 Å². The van der Waals surface area contributed by atoms with E-state index in [4.69, 9.17) is 9.47 Å². The standard InChI is InChI=1S/C11H14O5/c1-6-9(5-15-8(3)13)4-10(7(2)12)16-11(6)14/h10H,4-5H2,1-3H3. The van der Waals surface area contributed by atoms with E-state index in [1.165, 1.54) is 13.8 Å². The summed E-state index contributed by atoms with van der Waals surface area (Å²) in [5.74, 6) is -1.15.